The topological polar surface area (TPSA) is 46.9 Å². The summed E-state index contributed by atoms with van der Waals surface area (Å²) in [5.41, 5.74) is -0.133. The summed E-state index contributed by atoms with van der Waals surface area (Å²) in [6, 6.07) is 1.81. The molecule has 0 bridgehead atoms. The highest BCUT2D eigenvalue weighted by atomic mass is 16.1. The predicted molar refractivity (Wildman–Crippen MR) is 54.1 cm³/mol. The van der Waals surface area contributed by atoms with E-state index in [-0.39, 0.29) is 5.69 Å². The quantitative estimate of drug-likeness (QED) is 0.732. The van der Waals surface area contributed by atoms with Crippen LogP contribution in [0.5, 0.6) is 0 Å². The zero-order chi connectivity index (χ0) is 9.80. The second-order valence-electron chi connectivity index (χ2n) is 3.75. The van der Waals surface area contributed by atoms with E-state index in [0.717, 1.165) is 32.5 Å². The molecule has 1 N–H and O–H groups in total. The van der Waals surface area contributed by atoms with Gasteiger partial charge in [0.15, 0.2) is 0 Å². The van der Waals surface area contributed by atoms with E-state index in [9.17, 15) is 4.79 Å². The van der Waals surface area contributed by atoms with E-state index in [4.69, 9.17) is 0 Å². The Hall–Kier alpha value is -1.16. The lowest BCUT2D eigenvalue weighted by Crippen LogP contribution is -2.32. The number of piperidine rings is 1. The molecular weight excluding hydrogens is 178 g/mol. The van der Waals surface area contributed by atoms with E-state index in [2.05, 4.69) is 10.3 Å². The van der Waals surface area contributed by atoms with Gasteiger partial charge in [-0.15, -0.1) is 0 Å². The van der Waals surface area contributed by atoms with Crippen LogP contribution >= 0.6 is 0 Å². The average molecular weight is 193 g/mol. The maximum absolute atomic E-state index is 11.3. The molecule has 2 heterocycles. The Morgan fingerprint density at radius 2 is 2.29 bits per heavy atom. The van der Waals surface area contributed by atoms with Crippen molar-refractivity contribution in [2.24, 2.45) is 5.92 Å². The van der Waals surface area contributed by atoms with E-state index >= 15 is 0 Å². The van der Waals surface area contributed by atoms with Crippen LogP contribution in [0.1, 0.15) is 12.8 Å². The summed E-state index contributed by atoms with van der Waals surface area (Å²) in [5, 5.41) is 3.31. The van der Waals surface area contributed by atoms with Crippen LogP contribution in [0, 0.1) is 5.92 Å². The molecule has 1 aliphatic rings. The minimum atomic E-state index is -0.133. The molecule has 14 heavy (non-hydrogen) atoms. The molecule has 0 aromatic carbocycles. The van der Waals surface area contributed by atoms with Crippen molar-refractivity contribution in [3.63, 3.8) is 0 Å². The molecule has 0 radical (unpaired) electrons. The summed E-state index contributed by atoms with van der Waals surface area (Å²) < 4.78 is 1.70. The molecule has 0 aliphatic carbocycles. The average Bonchev–Trinajstić information content (AvgIpc) is 2.23. The highest BCUT2D eigenvalue weighted by Gasteiger charge is 2.13. The first kappa shape index (κ1) is 9.40. The van der Waals surface area contributed by atoms with Crippen molar-refractivity contribution < 1.29 is 0 Å². The van der Waals surface area contributed by atoms with Gasteiger partial charge < -0.3 is 5.32 Å². The molecule has 0 amide bonds. The van der Waals surface area contributed by atoms with Gasteiger partial charge in [-0.25, -0.2) is 9.78 Å². The Bertz CT molecular complexity index is 341. The summed E-state index contributed by atoms with van der Waals surface area (Å²) in [5.74, 6) is 0.623. The minimum Gasteiger partial charge on any atom is -0.317 e. The lowest BCUT2D eigenvalue weighted by molar-refractivity contribution is 0.328. The first-order valence-electron chi connectivity index (χ1n) is 5.08. The summed E-state index contributed by atoms with van der Waals surface area (Å²) in [6.07, 6.45) is 5.67. The molecule has 1 saturated heterocycles. The first-order valence-corrected chi connectivity index (χ1v) is 5.08. The van der Waals surface area contributed by atoms with Crippen LogP contribution in [0.2, 0.25) is 0 Å². The van der Waals surface area contributed by atoms with Crippen LogP contribution in [0.15, 0.2) is 23.3 Å². The molecule has 0 unspecified atom stereocenters. The van der Waals surface area contributed by atoms with E-state index in [1.54, 1.807) is 10.8 Å². The van der Waals surface area contributed by atoms with Gasteiger partial charge in [-0.2, -0.15) is 0 Å². The third-order valence-electron chi connectivity index (χ3n) is 2.70. The summed E-state index contributed by atoms with van der Waals surface area (Å²) in [6.45, 7) is 2.95. The number of aromatic nitrogens is 2. The fourth-order valence-corrected chi connectivity index (χ4v) is 1.87. The van der Waals surface area contributed by atoms with Crippen molar-refractivity contribution in [3.05, 3.63) is 28.9 Å². The molecule has 1 aromatic rings. The molecular formula is C10H15N3O. The summed E-state index contributed by atoms with van der Waals surface area (Å²) in [7, 11) is 0. The normalized spacial score (nSPS) is 18.3. The van der Waals surface area contributed by atoms with Crippen LogP contribution in [-0.2, 0) is 6.54 Å². The SMILES string of the molecule is O=c1ncccn1CC1CCNCC1. The Morgan fingerprint density at radius 3 is 3.00 bits per heavy atom. The minimum absolute atomic E-state index is 0.133. The van der Waals surface area contributed by atoms with E-state index in [1.165, 1.54) is 0 Å². The van der Waals surface area contributed by atoms with Gasteiger partial charge in [-0.1, -0.05) is 0 Å². The molecule has 76 valence electrons. The van der Waals surface area contributed by atoms with Gasteiger partial charge in [0.1, 0.15) is 0 Å². The fraction of sp³-hybridized carbons (Fsp3) is 0.600. The van der Waals surface area contributed by atoms with Gasteiger partial charge in [-0.3, -0.25) is 4.57 Å². The molecule has 1 fully saturated rings. The predicted octanol–water partition coefficient (Wildman–Crippen LogP) is 0.243. The van der Waals surface area contributed by atoms with Crippen LogP contribution in [0.25, 0.3) is 0 Å². The number of nitrogens with one attached hydrogen (secondary N) is 1. The van der Waals surface area contributed by atoms with E-state index in [1.807, 2.05) is 12.3 Å². The molecule has 0 spiro atoms. The van der Waals surface area contributed by atoms with Crippen molar-refractivity contribution in [1.29, 1.82) is 0 Å². The largest absolute Gasteiger partial charge is 0.347 e. The van der Waals surface area contributed by atoms with Gasteiger partial charge in [-0.05, 0) is 37.9 Å². The van der Waals surface area contributed by atoms with Gasteiger partial charge in [0.25, 0.3) is 0 Å². The Balaban J connectivity index is 2.03. The maximum atomic E-state index is 11.3. The van der Waals surface area contributed by atoms with Gasteiger partial charge in [0, 0.05) is 18.9 Å². The standard InChI is InChI=1S/C10H15N3O/c14-10-12-4-1-7-13(10)8-9-2-5-11-6-3-9/h1,4,7,9,11H,2-3,5-6,8H2. The Morgan fingerprint density at radius 1 is 1.50 bits per heavy atom. The molecule has 0 atom stereocenters. The fourth-order valence-electron chi connectivity index (χ4n) is 1.87. The third-order valence-corrected chi connectivity index (χ3v) is 2.70. The highest BCUT2D eigenvalue weighted by Crippen LogP contribution is 2.12. The molecule has 4 nitrogen and oxygen atoms in total. The number of nitrogens with zero attached hydrogens (tertiary/aromatic N) is 2. The second-order valence-corrected chi connectivity index (χ2v) is 3.75. The molecule has 4 heteroatoms. The van der Waals surface area contributed by atoms with Crippen LogP contribution in [-0.4, -0.2) is 22.6 Å². The van der Waals surface area contributed by atoms with Crippen molar-refractivity contribution >= 4 is 0 Å². The second kappa shape index (κ2) is 4.37. The van der Waals surface area contributed by atoms with Crippen LogP contribution in [0.4, 0.5) is 0 Å². The Kier molecular flexibility index (Phi) is 2.93. The van der Waals surface area contributed by atoms with Crippen LogP contribution < -0.4 is 11.0 Å². The van der Waals surface area contributed by atoms with Gasteiger partial charge in [0.05, 0.1) is 0 Å². The van der Waals surface area contributed by atoms with E-state index in [0.29, 0.717) is 5.92 Å². The van der Waals surface area contributed by atoms with Gasteiger partial charge >= 0.3 is 5.69 Å². The Labute approximate surface area is 83.0 Å². The van der Waals surface area contributed by atoms with Crippen LogP contribution in [0.3, 0.4) is 0 Å². The first-order chi connectivity index (χ1) is 6.86. The highest BCUT2D eigenvalue weighted by molar-refractivity contribution is 4.82. The van der Waals surface area contributed by atoms with Gasteiger partial charge in [0.2, 0.25) is 0 Å². The lowest BCUT2D eigenvalue weighted by Gasteiger charge is -2.22. The molecule has 0 saturated carbocycles. The summed E-state index contributed by atoms with van der Waals surface area (Å²) >= 11 is 0. The van der Waals surface area contributed by atoms with Crippen molar-refractivity contribution in [1.82, 2.24) is 14.9 Å². The van der Waals surface area contributed by atoms with Crippen molar-refractivity contribution in [3.8, 4) is 0 Å². The third kappa shape index (κ3) is 2.20. The van der Waals surface area contributed by atoms with E-state index < -0.39 is 0 Å². The van der Waals surface area contributed by atoms with Crippen molar-refractivity contribution in [2.75, 3.05) is 13.1 Å². The number of hydrogen-bond acceptors (Lipinski definition) is 3. The molecule has 1 aromatic heterocycles. The summed E-state index contributed by atoms with van der Waals surface area (Å²) in [4.78, 5) is 15.1. The molecule has 1 aliphatic heterocycles. The molecule has 2 rings (SSSR count). The van der Waals surface area contributed by atoms with Crippen molar-refractivity contribution in [2.45, 2.75) is 19.4 Å². The maximum Gasteiger partial charge on any atom is 0.347 e. The zero-order valence-electron chi connectivity index (χ0n) is 8.15. The smallest absolute Gasteiger partial charge is 0.317 e. The zero-order valence-corrected chi connectivity index (χ0v) is 8.15. The number of hydrogen-bond donors (Lipinski definition) is 1. The number of rotatable bonds is 2. The monoisotopic (exact) mass is 193 g/mol. The lowest BCUT2D eigenvalue weighted by atomic mass is 9.98.